The van der Waals surface area contributed by atoms with E-state index in [-0.39, 0.29) is 11.2 Å². The molecule has 1 aliphatic carbocycles. The summed E-state index contributed by atoms with van der Waals surface area (Å²) in [6.45, 7) is 1.99. The minimum atomic E-state index is -0.281. The van der Waals surface area contributed by atoms with Crippen LogP contribution in [0.15, 0.2) is 41.4 Å². The zero-order chi connectivity index (χ0) is 19.1. The molecule has 1 unspecified atom stereocenters. The highest BCUT2D eigenvalue weighted by molar-refractivity contribution is 8.00. The molecule has 1 heterocycles. The largest absolute Gasteiger partial charge is 0.325 e. The SMILES string of the molecule is CCC(Sc1nc2c(cc1C#N)CCCCCC2)C(=O)Nc1ccccc1. The highest BCUT2D eigenvalue weighted by Crippen LogP contribution is 2.31. The van der Waals surface area contributed by atoms with Crippen LogP contribution in [0, 0.1) is 11.3 Å². The Kier molecular flexibility index (Phi) is 6.89. The number of benzene rings is 1. The number of fused-ring (bicyclic) bond motifs is 1. The predicted octanol–water partition coefficient (Wildman–Crippen LogP) is 5.12. The standard InChI is InChI=1S/C22H25N3OS/c1-2-20(21(26)24-18-11-7-5-8-12-18)27-22-17(15-23)14-16-10-6-3-4-9-13-19(16)25-22/h5,7-8,11-12,14,20H,2-4,6,9-10,13H2,1H3,(H,24,26). The molecule has 0 bridgehead atoms. The third-order valence-corrected chi connectivity index (χ3v) is 6.21. The van der Waals surface area contributed by atoms with Crippen molar-refractivity contribution in [3.63, 3.8) is 0 Å². The topological polar surface area (TPSA) is 65.8 Å². The number of para-hydroxylation sites is 1. The van der Waals surface area contributed by atoms with E-state index in [1.807, 2.05) is 43.3 Å². The van der Waals surface area contributed by atoms with E-state index >= 15 is 0 Å². The molecule has 1 aliphatic rings. The van der Waals surface area contributed by atoms with E-state index in [0.717, 1.165) is 37.1 Å². The van der Waals surface area contributed by atoms with Gasteiger partial charge >= 0.3 is 0 Å². The number of nitriles is 1. The normalized spacial score (nSPS) is 15.0. The van der Waals surface area contributed by atoms with Crippen LogP contribution in [0.1, 0.15) is 55.8 Å². The lowest BCUT2D eigenvalue weighted by atomic mass is 9.96. The zero-order valence-electron chi connectivity index (χ0n) is 15.7. The zero-order valence-corrected chi connectivity index (χ0v) is 16.5. The first kappa shape index (κ1) is 19.4. The van der Waals surface area contributed by atoms with Crippen LogP contribution in [0.25, 0.3) is 0 Å². The second kappa shape index (κ2) is 9.57. The molecule has 140 valence electrons. The molecule has 4 nitrogen and oxygen atoms in total. The molecule has 1 N–H and O–H groups in total. The molecule has 27 heavy (non-hydrogen) atoms. The maximum atomic E-state index is 12.7. The van der Waals surface area contributed by atoms with Crippen LogP contribution in [0.2, 0.25) is 0 Å². The van der Waals surface area contributed by atoms with Gasteiger partial charge in [-0.1, -0.05) is 49.7 Å². The Balaban J connectivity index is 1.80. The van der Waals surface area contributed by atoms with Crippen molar-refractivity contribution in [2.24, 2.45) is 0 Å². The number of pyridine rings is 1. The van der Waals surface area contributed by atoms with Gasteiger partial charge < -0.3 is 5.32 Å². The lowest BCUT2D eigenvalue weighted by Crippen LogP contribution is -2.25. The van der Waals surface area contributed by atoms with E-state index in [1.165, 1.54) is 30.2 Å². The van der Waals surface area contributed by atoms with E-state index in [1.54, 1.807) is 0 Å². The number of carbonyl (C=O) groups is 1. The summed E-state index contributed by atoms with van der Waals surface area (Å²) < 4.78 is 0. The molecule has 2 aromatic rings. The molecule has 0 saturated heterocycles. The van der Waals surface area contributed by atoms with Crippen molar-refractivity contribution in [2.45, 2.75) is 62.1 Å². The number of hydrogen-bond acceptors (Lipinski definition) is 4. The van der Waals surface area contributed by atoms with Crippen molar-refractivity contribution in [3.8, 4) is 6.07 Å². The summed E-state index contributed by atoms with van der Waals surface area (Å²) >= 11 is 1.41. The molecular formula is C22H25N3OS. The Morgan fingerprint density at radius 1 is 1.22 bits per heavy atom. The van der Waals surface area contributed by atoms with Crippen molar-refractivity contribution >= 4 is 23.4 Å². The third-order valence-electron chi connectivity index (χ3n) is 4.84. The number of nitrogens with zero attached hydrogens (tertiary/aromatic N) is 2. The number of aryl methyl sites for hydroxylation is 2. The molecule has 0 aliphatic heterocycles. The molecule has 0 spiro atoms. The minimum Gasteiger partial charge on any atom is -0.325 e. The maximum absolute atomic E-state index is 12.7. The summed E-state index contributed by atoms with van der Waals surface area (Å²) in [7, 11) is 0. The van der Waals surface area contributed by atoms with E-state index in [2.05, 4.69) is 11.4 Å². The van der Waals surface area contributed by atoms with Crippen molar-refractivity contribution in [3.05, 3.63) is 53.2 Å². The van der Waals surface area contributed by atoms with E-state index in [9.17, 15) is 10.1 Å². The predicted molar refractivity (Wildman–Crippen MR) is 110 cm³/mol. The Morgan fingerprint density at radius 3 is 2.67 bits per heavy atom. The van der Waals surface area contributed by atoms with Crippen LogP contribution in [-0.2, 0) is 17.6 Å². The van der Waals surface area contributed by atoms with Crippen LogP contribution in [-0.4, -0.2) is 16.1 Å². The lowest BCUT2D eigenvalue weighted by Gasteiger charge is -2.18. The Labute approximate surface area is 165 Å². The average molecular weight is 380 g/mol. The molecule has 1 atom stereocenters. The van der Waals surface area contributed by atoms with Gasteiger partial charge in [0, 0.05) is 11.4 Å². The summed E-state index contributed by atoms with van der Waals surface area (Å²) in [6, 6.07) is 13.7. The minimum absolute atomic E-state index is 0.0499. The quantitative estimate of drug-likeness (QED) is 0.732. The summed E-state index contributed by atoms with van der Waals surface area (Å²) in [5.74, 6) is -0.0499. The summed E-state index contributed by atoms with van der Waals surface area (Å²) in [5, 5.41) is 13.0. The number of anilines is 1. The summed E-state index contributed by atoms with van der Waals surface area (Å²) in [6.07, 6.45) is 7.41. The second-order valence-electron chi connectivity index (χ2n) is 6.84. The molecule has 3 rings (SSSR count). The van der Waals surface area contributed by atoms with Gasteiger partial charge in [-0.3, -0.25) is 4.79 Å². The van der Waals surface area contributed by atoms with E-state index in [0.29, 0.717) is 17.0 Å². The van der Waals surface area contributed by atoms with Gasteiger partial charge in [0.2, 0.25) is 5.91 Å². The van der Waals surface area contributed by atoms with Crippen LogP contribution >= 0.6 is 11.8 Å². The molecular weight excluding hydrogens is 354 g/mol. The van der Waals surface area contributed by atoms with E-state index in [4.69, 9.17) is 4.98 Å². The number of carbonyl (C=O) groups excluding carboxylic acids is 1. The Hall–Kier alpha value is -2.32. The van der Waals surface area contributed by atoms with Crippen molar-refractivity contribution in [1.29, 1.82) is 5.26 Å². The fourth-order valence-electron chi connectivity index (χ4n) is 3.34. The molecule has 0 saturated carbocycles. The maximum Gasteiger partial charge on any atom is 0.237 e. The van der Waals surface area contributed by atoms with Gasteiger partial charge in [0.05, 0.1) is 10.8 Å². The van der Waals surface area contributed by atoms with Crippen molar-refractivity contribution in [1.82, 2.24) is 4.98 Å². The molecule has 1 aromatic heterocycles. The van der Waals surface area contributed by atoms with Gasteiger partial charge in [-0.05, 0) is 55.9 Å². The van der Waals surface area contributed by atoms with Gasteiger partial charge in [-0.15, -0.1) is 0 Å². The average Bonchev–Trinajstić information content (AvgIpc) is 2.67. The molecule has 0 fully saturated rings. The first-order chi connectivity index (χ1) is 13.2. The number of aromatic nitrogens is 1. The Bertz CT molecular complexity index is 829. The first-order valence-corrected chi connectivity index (χ1v) is 10.5. The van der Waals surface area contributed by atoms with Crippen LogP contribution in [0.5, 0.6) is 0 Å². The van der Waals surface area contributed by atoms with Crippen molar-refractivity contribution in [2.75, 3.05) is 5.32 Å². The molecule has 1 aromatic carbocycles. The number of rotatable bonds is 5. The lowest BCUT2D eigenvalue weighted by molar-refractivity contribution is -0.115. The molecule has 1 amide bonds. The summed E-state index contributed by atoms with van der Waals surface area (Å²) in [4.78, 5) is 17.5. The van der Waals surface area contributed by atoms with Gasteiger partial charge in [0.1, 0.15) is 11.1 Å². The van der Waals surface area contributed by atoms with Crippen LogP contribution in [0.3, 0.4) is 0 Å². The summed E-state index contributed by atoms with van der Waals surface area (Å²) in [5.41, 5.74) is 3.69. The fraction of sp³-hybridized carbons (Fsp3) is 0.409. The van der Waals surface area contributed by atoms with Gasteiger partial charge in [-0.2, -0.15) is 5.26 Å². The highest BCUT2D eigenvalue weighted by atomic mass is 32.2. The smallest absolute Gasteiger partial charge is 0.237 e. The van der Waals surface area contributed by atoms with Crippen LogP contribution < -0.4 is 5.32 Å². The highest BCUT2D eigenvalue weighted by Gasteiger charge is 2.22. The third kappa shape index (κ3) is 5.11. The second-order valence-corrected chi connectivity index (χ2v) is 8.03. The number of amides is 1. The van der Waals surface area contributed by atoms with Gasteiger partial charge in [0.15, 0.2) is 0 Å². The molecule has 5 heteroatoms. The van der Waals surface area contributed by atoms with Gasteiger partial charge in [0.25, 0.3) is 0 Å². The monoisotopic (exact) mass is 379 g/mol. The first-order valence-electron chi connectivity index (χ1n) is 9.66. The molecule has 0 radical (unpaired) electrons. The number of thioether (sulfide) groups is 1. The van der Waals surface area contributed by atoms with Crippen LogP contribution in [0.4, 0.5) is 5.69 Å². The Morgan fingerprint density at radius 2 is 1.96 bits per heavy atom. The number of hydrogen-bond donors (Lipinski definition) is 1. The number of nitrogens with one attached hydrogen (secondary N) is 1. The van der Waals surface area contributed by atoms with E-state index < -0.39 is 0 Å². The van der Waals surface area contributed by atoms with Crippen molar-refractivity contribution < 1.29 is 4.79 Å². The fourth-order valence-corrected chi connectivity index (χ4v) is 4.34. The van der Waals surface area contributed by atoms with Gasteiger partial charge in [-0.25, -0.2) is 4.98 Å².